The normalized spacial score (nSPS) is 13.2. The van der Waals surface area contributed by atoms with Crippen LogP contribution in [0.1, 0.15) is 12.5 Å². The number of fused-ring (bicyclic) bond motifs is 1. The van der Waals surface area contributed by atoms with Crippen LogP contribution in [0.15, 0.2) is 30.5 Å². The van der Waals surface area contributed by atoms with Crippen molar-refractivity contribution in [3.8, 4) is 0 Å². The molecule has 1 aromatic carbocycles. The molecule has 2 rings (SSSR count). The third kappa shape index (κ3) is 2.19. The molecule has 0 fully saturated rings. The Hall–Kier alpha value is -1.32. The van der Waals surface area contributed by atoms with Gasteiger partial charge in [0.05, 0.1) is 0 Å². The molecule has 80 valence electrons. The Morgan fingerprint density at radius 3 is 3.00 bits per heavy atom. The van der Waals surface area contributed by atoms with Crippen molar-refractivity contribution in [2.24, 2.45) is 0 Å². The summed E-state index contributed by atoms with van der Waals surface area (Å²) >= 11 is 0. The molecule has 1 aromatic heterocycles. The minimum Gasteiger partial charge on any atom is -0.378 e. The predicted molar refractivity (Wildman–Crippen MR) is 61.7 cm³/mol. The summed E-state index contributed by atoms with van der Waals surface area (Å²) < 4.78 is 0. The van der Waals surface area contributed by atoms with E-state index in [9.17, 15) is 5.11 Å². The first-order chi connectivity index (χ1) is 7.31. The fraction of sp³-hybridized carbons (Fsp3) is 0.333. The summed E-state index contributed by atoms with van der Waals surface area (Å²) in [5.74, 6) is 0. The molecule has 0 aliphatic heterocycles. The van der Waals surface area contributed by atoms with E-state index in [0.717, 1.165) is 17.6 Å². The molecule has 2 aromatic rings. The van der Waals surface area contributed by atoms with Gasteiger partial charge in [0, 0.05) is 23.5 Å². The monoisotopic (exact) mass is 204 g/mol. The maximum absolute atomic E-state index is 9.66. The zero-order valence-corrected chi connectivity index (χ0v) is 8.83. The summed E-state index contributed by atoms with van der Waals surface area (Å²) in [6, 6.07) is 8.13. The van der Waals surface area contributed by atoms with E-state index in [0.29, 0.717) is 6.42 Å². The Morgan fingerprint density at radius 1 is 1.40 bits per heavy atom. The van der Waals surface area contributed by atoms with Crippen LogP contribution in [-0.4, -0.2) is 22.9 Å². The number of hydrogen-bond acceptors (Lipinski definition) is 2. The van der Waals surface area contributed by atoms with Crippen LogP contribution in [-0.2, 0) is 6.42 Å². The molecular formula is C12H16N2O. The van der Waals surface area contributed by atoms with Crippen molar-refractivity contribution in [2.75, 3.05) is 6.54 Å². The van der Waals surface area contributed by atoms with E-state index in [1.54, 1.807) is 0 Å². The van der Waals surface area contributed by atoms with Gasteiger partial charge in [0.25, 0.3) is 0 Å². The van der Waals surface area contributed by atoms with Crippen molar-refractivity contribution in [3.05, 3.63) is 36.0 Å². The smallest absolute Gasteiger partial charge is 0.109 e. The molecule has 0 aliphatic carbocycles. The summed E-state index contributed by atoms with van der Waals surface area (Å²) in [5.41, 5.74) is 2.27. The van der Waals surface area contributed by atoms with Gasteiger partial charge in [-0.05, 0) is 18.2 Å². The highest BCUT2D eigenvalue weighted by atomic mass is 16.3. The number of aromatic amines is 1. The van der Waals surface area contributed by atoms with Gasteiger partial charge < -0.3 is 10.1 Å². The Labute approximate surface area is 89.1 Å². The van der Waals surface area contributed by atoms with E-state index >= 15 is 0 Å². The lowest BCUT2D eigenvalue weighted by atomic mass is 10.1. The molecule has 3 N–H and O–H groups in total. The first-order valence-electron chi connectivity index (χ1n) is 5.27. The average molecular weight is 204 g/mol. The first-order valence-corrected chi connectivity index (χ1v) is 5.27. The molecule has 0 saturated heterocycles. The Kier molecular flexibility index (Phi) is 3.04. The van der Waals surface area contributed by atoms with Crippen molar-refractivity contribution in [3.63, 3.8) is 0 Å². The van der Waals surface area contributed by atoms with E-state index < -0.39 is 6.23 Å². The van der Waals surface area contributed by atoms with Gasteiger partial charge in [-0.25, -0.2) is 0 Å². The van der Waals surface area contributed by atoms with Gasteiger partial charge in [-0.1, -0.05) is 25.1 Å². The molecule has 0 bridgehead atoms. The number of aliphatic hydroxyl groups excluding tert-OH is 1. The van der Waals surface area contributed by atoms with E-state index in [1.807, 2.05) is 31.3 Å². The lowest BCUT2D eigenvalue weighted by molar-refractivity contribution is 0.140. The lowest BCUT2D eigenvalue weighted by Gasteiger charge is -2.09. The number of nitrogens with one attached hydrogen (secondary N) is 2. The number of aromatic nitrogens is 1. The third-order valence-corrected chi connectivity index (χ3v) is 2.53. The molecule has 15 heavy (non-hydrogen) atoms. The van der Waals surface area contributed by atoms with Gasteiger partial charge in [0.1, 0.15) is 6.23 Å². The first kappa shape index (κ1) is 10.2. The number of aliphatic hydroxyl groups is 1. The second-order valence-corrected chi connectivity index (χ2v) is 3.64. The average Bonchev–Trinajstić information content (AvgIpc) is 2.62. The standard InChI is InChI=1S/C12H16N2O/c1-2-13-12(15)7-9-8-14-11-6-4-3-5-10(9)11/h3-6,8,12-15H,2,7H2,1H3. The van der Waals surface area contributed by atoms with Gasteiger partial charge in [-0.2, -0.15) is 0 Å². The minimum atomic E-state index is -0.464. The molecule has 0 aliphatic rings. The van der Waals surface area contributed by atoms with Crippen LogP contribution < -0.4 is 5.32 Å². The second kappa shape index (κ2) is 4.47. The summed E-state index contributed by atoms with van der Waals surface area (Å²) in [7, 11) is 0. The summed E-state index contributed by atoms with van der Waals surface area (Å²) in [5, 5.41) is 13.8. The van der Waals surface area contributed by atoms with Crippen molar-refractivity contribution in [1.29, 1.82) is 0 Å². The number of benzene rings is 1. The van der Waals surface area contributed by atoms with Crippen LogP contribution >= 0.6 is 0 Å². The minimum absolute atomic E-state index is 0.464. The van der Waals surface area contributed by atoms with Crippen LogP contribution in [0.25, 0.3) is 10.9 Å². The quantitative estimate of drug-likeness (QED) is 0.663. The van der Waals surface area contributed by atoms with Gasteiger partial charge in [-0.3, -0.25) is 5.32 Å². The van der Waals surface area contributed by atoms with Crippen molar-refractivity contribution >= 4 is 10.9 Å². The van der Waals surface area contributed by atoms with Gasteiger partial charge >= 0.3 is 0 Å². The van der Waals surface area contributed by atoms with Gasteiger partial charge in [0.15, 0.2) is 0 Å². The number of para-hydroxylation sites is 1. The molecule has 1 unspecified atom stereocenters. The van der Waals surface area contributed by atoms with E-state index in [1.165, 1.54) is 5.39 Å². The summed E-state index contributed by atoms with van der Waals surface area (Å²) in [4.78, 5) is 3.20. The largest absolute Gasteiger partial charge is 0.378 e. The van der Waals surface area contributed by atoms with E-state index in [-0.39, 0.29) is 0 Å². The van der Waals surface area contributed by atoms with Gasteiger partial charge in [-0.15, -0.1) is 0 Å². The number of likely N-dealkylation sites (N-methyl/N-ethyl adjacent to an activating group) is 1. The lowest BCUT2D eigenvalue weighted by Crippen LogP contribution is -2.30. The SMILES string of the molecule is CCNC(O)Cc1c[nH]c2ccccc12. The highest BCUT2D eigenvalue weighted by Gasteiger charge is 2.07. The van der Waals surface area contributed by atoms with Crippen LogP contribution in [0.3, 0.4) is 0 Å². The van der Waals surface area contributed by atoms with Crippen molar-refractivity contribution in [2.45, 2.75) is 19.6 Å². The fourth-order valence-corrected chi connectivity index (χ4v) is 1.82. The van der Waals surface area contributed by atoms with E-state index in [4.69, 9.17) is 0 Å². The molecule has 1 atom stereocenters. The molecule has 0 amide bonds. The number of rotatable bonds is 4. The van der Waals surface area contributed by atoms with Crippen LogP contribution in [0.2, 0.25) is 0 Å². The molecule has 0 spiro atoms. The Morgan fingerprint density at radius 2 is 2.20 bits per heavy atom. The number of hydrogen-bond donors (Lipinski definition) is 3. The second-order valence-electron chi connectivity index (χ2n) is 3.64. The van der Waals surface area contributed by atoms with Gasteiger partial charge in [0.2, 0.25) is 0 Å². The molecule has 3 heteroatoms. The zero-order valence-electron chi connectivity index (χ0n) is 8.83. The molecule has 0 radical (unpaired) electrons. The number of H-pyrrole nitrogens is 1. The molecular weight excluding hydrogens is 188 g/mol. The van der Waals surface area contributed by atoms with Crippen LogP contribution in [0.4, 0.5) is 0 Å². The van der Waals surface area contributed by atoms with E-state index in [2.05, 4.69) is 16.4 Å². The van der Waals surface area contributed by atoms with Crippen molar-refractivity contribution in [1.82, 2.24) is 10.3 Å². The highest BCUT2D eigenvalue weighted by Crippen LogP contribution is 2.18. The topological polar surface area (TPSA) is 48.0 Å². The molecule has 3 nitrogen and oxygen atoms in total. The predicted octanol–water partition coefficient (Wildman–Crippen LogP) is 1.64. The van der Waals surface area contributed by atoms with Crippen LogP contribution in [0, 0.1) is 0 Å². The van der Waals surface area contributed by atoms with Crippen LogP contribution in [0.5, 0.6) is 0 Å². The maximum atomic E-state index is 9.66. The van der Waals surface area contributed by atoms with Crippen molar-refractivity contribution < 1.29 is 5.11 Å². The summed E-state index contributed by atoms with van der Waals surface area (Å²) in [6.45, 7) is 2.77. The Bertz CT molecular complexity index is 436. The highest BCUT2D eigenvalue weighted by molar-refractivity contribution is 5.83. The maximum Gasteiger partial charge on any atom is 0.109 e. The molecule has 0 saturated carbocycles. The zero-order chi connectivity index (χ0) is 10.7. The Balaban J connectivity index is 2.21. The summed E-state index contributed by atoms with van der Waals surface area (Å²) in [6.07, 6.45) is 2.14. The third-order valence-electron chi connectivity index (χ3n) is 2.53. The fourth-order valence-electron chi connectivity index (χ4n) is 1.82. The molecule has 1 heterocycles.